The predicted molar refractivity (Wildman–Crippen MR) is 163 cm³/mol. The van der Waals surface area contributed by atoms with E-state index in [1.54, 1.807) is 0 Å². The van der Waals surface area contributed by atoms with E-state index in [0.717, 1.165) is 68.0 Å². The van der Waals surface area contributed by atoms with E-state index in [1.165, 1.54) is 42.4 Å². The summed E-state index contributed by atoms with van der Waals surface area (Å²) in [5.74, 6) is 0.885. The summed E-state index contributed by atoms with van der Waals surface area (Å²) in [6, 6.07) is 15.2. The Morgan fingerprint density at radius 2 is 1.62 bits per heavy atom. The Labute approximate surface area is 244 Å². The molecule has 3 nitrogen and oxygen atoms in total. The summed E-state index contributed by atoms with van der Waals surface area (Å²) in [5.41, 5.74) is 3.72. The highest BCUT2D eigenvalue weighted by atomic mass is 79.9. The Balaban J connectivity index is 1.41. The highest BCUT2D eigenvalue weighted by molar-refractivity contribution is 9.10. The molecule has 1 aliphatic rings. The van der Waals surface area contributed by atoms with Gasteiger partial charge in [-0.2, -0.15) is 0 Å². The van der Waals surface area contributed by atoms with Gasteiger partial charge in [0.25, 0.3) is 0 Å². The number of hydrogen-bond donors (Lipinski definition) is 0. The monoisotopic (exact) mass is 602 g/mol. The van der Waals surface area contributed by atoms with Crippen LogP contribution in [-0.2, 0) is 16.0 Å². The Bertz CT molecular complexity index is 984. The van der Waals surface area contributed by atoms with Crippen LogP contribution in [0.1, 0.15) is 110 Å². The van der Waals surface area contributed by atoms with E-state index >= 15 is 0 Å². The molecular weight excluding hydrogens is 555 g/mol. The van der Waals surface area contributed by atoms with Crippen LogP contribution in [0.2, 0.25) is 0 Å². The summed E-state index contributed by atoms with van der Waals surface area (Å²) in [5, 5.41) is 0. The van der Waals surface area contributed by atoms with E-state index in [1.807, 2.05) is 6.92 Å². The first-order valence-electron chi connectivity index (χ1n) is 15.3. The van der Waals surface area contributed by atoms with Crippen LogP contribution < -0.4 is 4.74 Å². The van der Waals surface area contributed by atoms with Gasteiger partial charge in [-0.05, 0) is 115 Å². The number of carbonyl (C=O) groups is 1. The number of halogens is 2. The fourth-order valence-corrected chi connectivity index (χ4v) is 5.89. The van der Waals surface area contributed by atoms with Crippen molar-refractivity contribution in [3.05, 3.63) is 52.5 Å². The summed E-state index contributed by atoms with van der Waals surface area (Å²) in [7, 11) is 0. The van der Waals surface area contributed by atoms with Crippen molar-refractivity contribution in [2.75, 3.05) is 0 Å². The maximum Gasteiger partial charge on any atom is 0.340 e. The molecule has 1 fully saturated rings. The zero-order chi connectivity index (χ0) is 28.0. The average Bonchev–Trinajstić information content (AvgIpc) is 2.95. The van der Waals surface area contributed by atoms with E-state index in [2.05, 4.69) is 72.2 Å². The van der Waals surface area contributed by atoms with Crippen molar-refractivity contribution in [1.82, 2.24) is 0 Å². The smallest absolute Gasteiger partial charge is 0.340 e. The third-order valence-electron chi connectivity index (χ3n) is 8.00. The van der Waals surface area contributed by atoms with E-state index in [9.17, 15) is 9.18 Å². The molecular formula is C34H48BrFO3. The van der Waals surface area contributed by atoms with E-state index < -0.39 is 12.1 Å². The first kappa shape index (κ1) is 31.6. The fourth-order valence-electron chi connectivity index (χ4n) is 5.42. The minimum Gasteiger partial charge on any atom is -0.490 e. The minimum atomic E-state index is -1.47. The van der Waals surface area contributed by atoms with Crippen LogP contribution in [0.5, 0.6) is 5.75 Å². The molecule has 39 heavy (non-hydrogen) atoms. The van der Waals surface area contributed by atoms with Gasteiger partial charge < -0.3 is 9.47 Å². The van der Waals surface area contributed by atoms with Gasteiger partial charge in [-0.3, -0.25) is 0 Å². The second-order valence-corrected chi connectivity index (χ2v) is 12.2. The molecule has 2 atom stereocenters. The Morgan fingerprint density at radius 3 is 2.28 bits per heavy atom. The van der Waals surface area contributed by atoms with Crippen molar-refractivity contribution in [3.63, 3.8) is 0 Å². The van der Waals surface area contributed by atoms with E-state index in [4.69, 9.17) is 9.47 Å². The number of carbonyl (C=O) groups excluding carboxylic acids is 1. The summed E-state index contributed by atoms with van der Waals surface area (Å²) in [4.78, 5) is 12.0. The number of alkyl halides is 1. The first-order chi connectivity index (χ1) is 18.9. The Hall–Kier alpha value is -1.88. The SMILES string of the molecule is CCCCCC[C@@H](C)Oc1ccc(-c2ccc(CCC3CCC(OC(=O)[C@@H](F)CCCC)CC3)cc2)cc1Br. The third-order valence-corrected chi connectivity index (χ3v) is 8.62. The van der Waals surface area contributed by atoms with Gasteiger partial charge in [-0.1, -0.05) is 76.3 Å². The quantitative estimate of drug-likeness (QED) is 0.141. The summed E-state index contributed by atoms with van der Waals surface area (Å²) in [6.45, 7) is 6.39. The number of ether oxygens (including phenoxy) is 2. The highest BCUT2D eigenvalue weighted by Gasteiger charge is 2.27. The molecule has 0 bridgehead atoms. The molecule has 3 rings (SSSR count). The Morgan fingerprint density at radius 1 is 0.923 bits per heavy atom. The molecule has 0 amide bonds. The lowest BCUT2D eigenvalue weighted by Crippen LogP contribution is -2.29. The van der Waals surface area contributed by atoms with Crippen molar-refractivity contribution in [1.29, 1.82) is 0 Å². The minimum absolute atomic E-state index is 0.113. The second kappa shape index (κ2) is 17.0. The largest absolute Gasteiger partial charge is 0.490 e. The van der Waals surface area contributed by atoms with Crippen LogP contribution in [0.4, 0.5) is 4.39 Å². The van der Waals surface area contributed by atoms with Gasteiger partial charge >= 0.3 is 5.97 Å². The van der Waals surface area contributed by atoms with Gasteiger partial charge in [0.2, 0.25) is 0 Å². The molecule has 0 aliphatic heterocycles. The molecule has 0 radical (unpaired) electrons. The number of aryl methyl sites for hydroxylation is 1. The lowest BCUT2D eigenvalue weighted by atomic mass is 9.83. The van der Waals surface area contributed by atoms with Crippen molar-refractivity contribution in [2.45, 2.75) is 129 Å². The molecule has 0 unspecified atom stereocenters. The molecule has 0 N–H and O–H groups in total. The van der Waals surface area contributed by atoms with E-state index in [0.29, 0.717) is 5.92 Å². The number of unbranched alkanes of at least 4 members (excludes halogenated alkanes) is 4. The van der Waals surface area contributed by atoms with Crippen molar-refractivity contribution >= 4 is 21.9 Å². The maximum atomic E-state index is 13.9. The molecule has 0 saturated heterocycles. The summed E-state index contributed by atoms with van der Waals surface area (Å²) in [6.07, 6.45) is 12.6. The molecule has 1 saturated carbocycles. The molecule has 2 aromatic carbocycles. The second-order valence-electron chi connectivity index (χ2n) is 11.3. The van der Waals surface area contributed by atoms with Gasteiger partial charge in [-0.15, -0.1) is 0 Å². The fraction of sp³-hybridized carbons (Fsp3) is 0.618. The molecule has 2 aromatic rings. The number of hydrogen-bond acceptors (Lipinski definition) is 3. The highest BCUT2D eigenvalue weighted by Crippen LogP contribution is 2.33. The number of rotatable bonds is 16. The maximum absolute atomic E-state index is 13.9. The van der Waals surface area contributed by atoms with Crippen LogP contribution in [0, 0.1) is 5.92 Å². The number of benzene rings is 2. The van der Waals surface area contributed by atoms with E-state index in [-0.39, 0.29) is 18.6 Å². The Kier molecular flexibility index (Phi) is 13.8. The van der Waals surface area contributed by atoms with Crippen molar-refractivity contribution < 1.29 is 18.7 Å². The van der Waals surface area contributed by atoms with Crippen LogP contribution >= 0.6 is 15.9 Å². The van der Waals surface area contributed by atoms with Gasteiger partial charge in [0, 0.05) is 0 Å². The van der Waals surface area contributed by atoms with Crippen LogP contribution in [0.25, 0.3) is 11.1 Å². The summed E-state index contributed by atoms with van der Waals surface area (Å²) >= 11 is 3.71. The molecule has 1 aliphatic carbocycles. The standard InChI is InChI=1S/C34H48BrFO3/c1-4-6-8-9-10-25(3)38-33-23-20-29(24-31(33)35)28-18-14-26(15-19-28)12-13-27-16-21-30(22-17-27)39-34(37)32(36)11-7-5-2/h14-15,18-20,23-25,27,30,32H,4-13,16-17,21-22H2,1-3H3/t25-,27?,30?,32+/m1/s1. The number of esters is 1. The molecule has 0 aromatic heterocycles. The van der Waals surface area contributed by atoms with Gasteiger partial charge in [0.1, 0.15) is 11.9 Å². The molecule has 216 valence electrons. The van der Waals surface area contributed by atoms with Gasteiger partial charge in [0.15, 0.2) is 6.17 Å². The first-order valence-corrected chi connectivity index (χ1v) is 16.1. The van der Waals surface area contributed by atoms with Gasteiger partial charge in [0.05, 0.1) is 10.6 Å². The van der Waals surface area contributed by atoms with Crippen LogP contribution in [0.3, 0.4) is 0 Å². The molecule has 0 heterocycles. The van der Waals surface area contributed by atoms with Crippen LogP contribution in [0.15, 0.2) is 46.9 Å². The van der Waals surface area contributed by atoms with Crippen LogP contribution in [-0.4, -0.2) is 24.3 Å². The average molecular weight is 604 g/mol. The topological polar surface area (TPSA) is 35.5 Å². The molecule has 5 heteroatoms. The predicted octanol–water partition coefficient (Wildman–Crippen LogP) is 10.4. The zero-order valence-corrected chi connectivity index (χ0v) is 25.8. The zero-order valence-electron chi connectivity index (χ0n) is 24.2. The lowest BCUT2D eigenvalue weighted by molar-refractivity contribution is -0.157. The van der Waals surface area contributed by atoms with Gasteiger partial charge in [-0.25, -0.2) is 9.18 Å². The van der Waals surface area contributed by atoms with Crippen molar-refractivity contribution in [3.8, 4) is 16.9 Å². The normalized spacial score (nSPS) is 18.9. The van der Waals surface area contributed by atoms with Crippen molar-refractivity contribution in [2.24, 2.45) is 5.92 Å². The molecule has 0 spiro atoms. The third kappa shape index (κ3) is 10.9. The summed E-state index contributed by atoms with van der Waals surface area (Å²) < 4.78 is 26.5. The lowest BCUT2D eigenvalue weighted by Gasteiger charge is -2.28.